The second kappa shape index (κ2) is 5.64. The van der Waals surface area contributed by atoms with Crippen LogP contribution < -0.4 is 10.1 Å². The Labute approximate surface area is 103 Å². The van der Waals surface area contributed by atoms with Crippen molar-refractivity contribution in [2.45, 2.75) is 12.7 Å². The fourth-order valence-corrected chi connectivity index (χ4v) is 1.80. The van der Waals surface area contributed by atoms with Crippen LogP contribution >= 0.6 is 0 Å². The lowest BCUT2D eigenvalue weighted by molar-refractivity contribution is -0.0498. The average Bonchev–Trinajstić information content (AvgIpc) is 2.83. The summed E-state index contributed by atoms with van der Waals surface area (Å²) in [7, 11) is 1.77. The summed E-state index contributed by atoms with van der Waals surface area (Å²) in [6.07, 6.45) is 1.57. The Morgan fingerprint density at radius 2 is 2.06 bits per heavy atom. The van der Waals surface area contributed by atoms with Gasteiger partial charge in [-0.3, -0.25) is 0 Å². The number of furan rings is 1. The Kier molecular flexibility index (Phi) is 3.94. The molecule has 1 aromatic heterocycles. The van der Waals surface area contributed by atoms with E-state index in [1.54, 1.807) is 31.5 Å². The fourth-order valence-electron chi connectivity index (χ4n) is 1.80. The Hall–Kier alpha value is -1.88. The van der Waals surface area contributed by atoms with E-state index >= 15 is 0 Å². The van der Waals surface area contributed by atoms with E-state index in [1.165, 1.54) is 6.07 Å². The molecule has 0 radical (unpaired) electrons. The van der Waals surface area contributed by atoms with Gasteiger partial charge in [0.1, 0.15) is 11.5 Å². The van der Waals surface area contributed by atoms with Crippen LogP contribution in [0.3, 0.4) is 0 Å². The molecule has 1 heterocycles. The number of benzene rings is 1. The van der Waals surface area contributed by atoms with Crippen molar-refractivity contribution in [3.63, 3.8) is 0 Å². The van der Waals surface area contributed by atoms with E-state index in [4.69, 9.17) is 4.42 Å². The second-order valence-corrected chi connectivity index (χ2v) is 3.69. The smallest absolute Gasteiger partial charge is 0.387 e. The molecule has 96 valence electrons. The van der Waals surface area contributed by atoms with Gasteiger partial charge < -0.3 is 14.5 Å². The van der Waals surface area contributed by atoms with Crippen molar-refractivity contribution in [1.29, 1.82) is 0 Å². The summed E-state index contributed by atoms with van der Waals surface area (Å²) in [5, 5.41) is 3.06. The number of alkyl halides is 2. The van der Waals surface area contributed by atoms with Crippen molar-refractivity contribution in [1.82, 2.24) is 5.32 Å². The zero-order valence-electron chi connectivity index (χ0n) is 9.77. The molecule has 1 unspecified atom stereocenters. The molecule has 0 amide bonds. The molecule has 0 aliphatic rings. The zero-order chi connectivity index (χ0) is 13.0. The van der Waals surface area contributed by atoms with Crippen LogP contribution in [0.5, 0.6) is 5.75 Å². The molecule has 1 atom stereocenters. The summed E-state index contributed by atoms with van der Waals surface area (Å²) in [5.74, 6) is 0.848. The Bertz CT molecular complexity index is 485. The van der Waals surface area contributed by atoms with E-state index < -0.39 is 6.61 Å². The van der Waals surface area contributed by atoms with Crippen LogP contribution in [0.25, 0.3) is 0 Å². The monoisotopic (exact) mass is 253 g/mol. The molecule has 2 rings (SSSR count). The fraction of sp³-hybridized carbons (Fsp3) is 0.231. The maximum atomic E-state index is 12.2. The van der Waals surface area contributed by atoms with Gasteiger partial charge in [-0.05, 0) is 36.9 Å². The van der Waals surface area contributed by atoms with Gasteiger partial charge in [0.2, 0.25) is 0 Å². The Morgan fingerprint density at radius 3 is 2.67 bits per heavy atom. The van der Waals surface area contributed by atoms with Gasteiger partial charge in [-0.25, -0.2) is 0 Å². The molecule has 0 saturated carbocycles. The van der Waals surface area contributed by atoms with Crippen molar-refractivity contribution in [2.24, 2.45) is 0 Å². The number of ether oxygens (including phenoxy) is 1. The summed E-state index contributed by atoms with van der Waals surface area (Å²) in [6.45, 7) is -2.82. The molecule has 3 nitrogen and oxygen atoms in total. The van der Waals surface area contributed by atoms with Crippen LogP contribution in [0.15, 0.2) is 47.1 Å². The first-order valence-corrected chi connectivity index (χ1v) is 5.46. The first-order chi connectivity index (χ1) is 8.70. The summed E-state index contributed by atoms with van der Waals surface area (Å²) >= 11 is 0. The highest BCUT2D eigenvalue weighted by Gasteiger charge is 2.15. The summed E-state index contributed by atoms with van der Waals surface area (Å²) in [6, 6.07) is 9.95. The molecule has 0 spiro atoms. The normalized spacial score (nSPS) is 12.7. The van der Waals surface area contributed by atoms with Gasteiger partial charge >= 0.3 is 6.61 Å². The number of hydrogen-bond donors (Lipinski definition) is 1. The number of hydrogen-bond acceptors (Lipinski definition) is 3. The molecule has 5 heteroatoms. The molecular formula is C13H13F2NO2. The molecule has 2 aromatic rings. The molecule has 0 saturated heterocycles. The van der Waals surface area contributed by atoms with Crippen LogP contribution in [0.4, 0.5) is 8.78 Å². The summed E-state index contributed by atoms with van der Waals surface area (Å²) in [4.78, 5) is 0. The molecule has 0 bridgehead atoms. The van der Waals surface area contributed by atoms with Gasteiger partial charge in [-0.2, -0.15) is 8.78 Å². The van der Waals surface area contributed by atoms with E-state index in [1.807, 2.05) is 12.1 Å². The molecule has 1 aromatic carbocycles. The molecule has 0 fully saturated rings. The van der Waals surface area contributed by atoms with E-state index in [2.05, 4.69) is 10.1 Å². The van der Waals surface area contributed by atoms with Gasteiger partial charge in [0.05, 0.1) is 12.3 Å². The molecular weight excluding hydrogens is 240 g/mol. The summed E-state index contributed by atoms with van der Waals surface area (Å²) < 4.78 is 34.0. The third-order valence-corrected chi connectivity index (χ3v) is 2.53. The van der Waals surface area contributed by atoms with Gasteiger partial charge in [-0.1, -0.05) is 12.1 Å². The largest absolute Gasteiger partial charge is 0.467 e. The quantitative estimate of drug-likeness (QED) is 0.888. The molecule has 1 N–H and O–H groups in total. The number of halogens is 2. The van der Waals surface area contributed by atoms with Crippen LogP contribution in [0.2, 0.25) is 0 Å². The zero-order valence-corrected chi connectivity index (χ0v) is 9.77. The lowest BCUT2D eigenvalue weighted by Crippen LogP contribution is -2.17. The minimum atomic E-state index is -2.82. The SMILES string of the molecule is CNC(c1cccc(OC(F)F)c1)c1ccco1. The van der Waals surface area contributed by atoms with Crippen LogP contribution in [-0.4, -0.2) is 13.7 Å². The van der Waals surface area contributed by atoms with E-state index in [9.17, 15) is 8.78 Å². The van der Waals surface area contributed by atoms with Crippen molar-refractivity contribution in [3.05, 3.63) is 54.0 Å². The maximum Gasteiger partial charge on any atom is 0.387 e. The van der Waals surface area contributed by atoms with Crippen LogP contribution in [0.1, 0.15) is 17.4 Å². The lowest BCUT2D eigenvalue weighted by atomic mass is 10.0. The third-order valence-electron chi connectivity index (χ3n) is 2.53. The van der Waals surface area contributed by atoms with Crippen molar-refractivity contribution >= 4 is 0 Å². The van der Waals surface area contributed by atoms with E-state index in [0.717, 1.165) is 5.56 Å². The van der Waals surface area contributed by atoms with E-state index in [-0.39, 0.29) is 11.8 Å². The summed E-state index contributed by atoms with van der Waals surface area (Å²) in [5.41, 5.74) is 0.797. The van der Waals surface area contributed by atoms with Crippen LogP contribution in [-0.2, 0) is 0 Å². The van der Waals surface area contributed by atoms with Crippen molar-refractivity contribution in [3.8, 4) is 5.75 Å². The highest BCUT2D eigenvalue weighted by molar-refractivity contribution is 5.34. The second-order valence-electron chi connectivity index (χ2n) is 3.69. The lowest BCUT2D eigenvalue weighted by Gasteiger charge is -2.15. The topological polar surface area (TPSA) is 34.4 Å². The first kappa shape index (κ1) is 12.6. The molecule has 0 aliphatic heterocycles. The predicted molar refractivity (Wildman–Crippen MR) is 62.7 cm³/mol. The van der Waals surface area contributed by atoms with Crippen LogP contribution in [0, 0.1) is 0 Å². The maximum absolute atomic E-state index is 12.2. The van der Waals surface area contributed by atoms with Crippen molar-refractivity contribution in [2.75, 3.05) is 7.05 Å². The van der Waals surface area contributed by atoms with Gasteiger partial charge in [0.15, 0.2) is 0 Å². The third kappa shape index (κ3) is 2.87. The number of nitrogens with one attached hydrogen (secondary N) is 1. The van der Waals surface area contributed by atoms with Crippen molar-refractivity contribution < 1.29 is 17.9 Å². The number of rotatable bonds is 5. The highest BCUT2D eigenvalue weighted by atomic mass is 19.3. The minimum absolute atomic E-state index is 0.134. The predicted octanol–water partition coefficient (Wildman–Crippen LogP) is 3.19. The molecule has 0 aliphatic carbocycles. The van der Waals surface area contributed by atoms with Gasteiger partial charge in [-0.15, -0.1) is 0 Å². The Morgan fingerprint density at radius 1 is 1.22 bits per heavy atom. The standard InChI is InChI=1S/C13H13F2NO2/c1-16-12(11-6-3-7-17-11)9-4-2-5-10(8-9)18-13(14)15/h2-8,12-13,16H,1H3. The average molecular weight is 253 g/mol. The Balaban J connectivity index is 2.26. The highest BCUT2D eigenvalue weighted by Crippen LogP contribution is 2.25. The molecule has 18 heavy (non-hydrogen) atoms. The minimum Gasteiger partial charge on any atom is -0.467 e. The van der Waals surface area contributed by atoms with E-state index in [0.29, 0.717) is 5.76 Å². The van der Waals surface area contributed by atoms with Gasteiger partial charge in [0, 0.05) is 0 Å². The van der Waals surface area contributed by atoms with Gasteiger partial charge in [0.25, 0.3) is 0 Å². The first-order valence-electron chi connectivity index (χ1n) is 5.46.